The standard InChI is InChI=1S/C24H29N3O3/c1-16(28)23-9-10-27(25-23)24(29)26-14-19-12-22(13-20(19)15-26)30-21-8-4-7-18(11-21)17-5-2-3-6-17/h4,7-11,17,19-20,22H,2-3,5-6,12-15H2,1H3/t19-,20+,22?. The minimum absolute atomic E-state index is 0.128. The average Bonchev–Trinajstić information content (AvgIpc) is 3.50. The van der Waals surface area contributed by atoms with Gasteiger partial charge < -0.3 is 9.64 Å². The number of carbonyl (C=O) groups excluding carboxylic acids is 2. The molecule has 2 saturated carbocycles. The van der Waals surface area contributed by atoms with Crippen molar-refractivity contribution in [2.24, 2.45) is 11.8 Å². The smallest absolute Gasteiger partial charge is 0.344 e. The van der Waals surface area contributed by atoms with E-state index in [9.17, 15) is 9.59 Å². The number of hydrogen-bond donors (Lipinski definition) is 0. The van der Waals surface area contributed by atoms with E-state index < -0.39 is 0 Å². The molecule has 30 heavy (non-hydrogen) atoms. The van der Waals surface area contributed by atoms with Crippen LogP contribution in [0.5, 0.6) is 5.75 Å². The number of rotatable bonds is 4. The van der Waals surface area contributed by atoms with Crippen molar-refractivity contribution in [2.45, 2.75) is 57.5 Å². The third-order valence-electron chi connectivity index (χ3n) is 7.11. The molecular weight excluding hydrogens is 378 g/mol. The van der Waals surface area contributed by atoms with Gasteiger partial charge in [-0.2, -0.15) is 9.78 Å². The lowest BCUT2D eigenvalue weighted by molar-refractivity contribution is 0.101. The molecule has 2 aliphatic carbocycles. The highest BCUT2D eigenvalue weighted by Crippen LogP contribution is 2.41. The quantitative estimate of drug-likeness (QED) is 0.700. The fourth-order valence-corrected chi connectivity index (χ4v) is 5.55. The van der Waals surface area contributed by atoms with Crippen LogP contribution in [-0.2, 0) is 0 Å². The first-order valence-corrected chi connectivity index (χ1v) is 11.2. The summed E-state index contributed by atoms with van der Waals surface area (Å²) >= 11 is 0. The second-order valence-electron chi connectivity index (χ2n) is 9.17. The molecule has 6 nitrogen and oxygen atoms in total. The van der Waals surface area contributed by atoms with E-state index in [1.165, 1.54) is 42.9 Å². The maximum absolute atomic E-state index is 12.7. The van der Waals surface area contributed by atoms with Gasteiger partial charge in [-0.3, -0.25) is 4.79 Å². The zero-order chi connectivity index (χ0) is 20.7. The highest BCUT2D eigenvalue weighted by atomic mass is 16.5. The predicted molar refractivity (Wildman–Crippen MR) is 113 cm³/mol. The van der Waals surface area contributed by atoms with Gasteiger partial charge in [0.25, 0.3) is 0 Å². The fourth-order valence-electron chi connectivity index (χ4n) is 5.55. The summed E-state index contributed by atoms with van der Waals surface area (Å²) in [6, 6.07) is 10.1. The third kappa shape index (κ3) is 3.75. The molecule has 1 aromatic carbocycles. The van der Waals surface area contributed by atoms with Crippen LogP contribution < -0.4 is 4.74 Å². The maximum atomic E-state index is 12.7. The van der Waals surface area contributed by atoms with Crippen LogP contribution in [0.25, 0.3) is 0 Å². The summed E-state index contributed by atoms with van der Waals surface area (Å²) in [7, 11) is 0. The number of ether oxygens (including phenoxy) is 1. The van der Waals surface area contributed by atoms with Crippen molar-refractivity contribution in [3.05, 3.63) is 47.8 Å². The van der Waals surface area contributed by atoms with Crippen LogP contribution in [0.1, 0.15) is 67.4 Å². The number of aromatic nitrogens is 2. The Morgan fingerprint density at radius 1 is 1.07 bits per heavy atom. The first-order chi connectivity index (χ1) is 14.6. The SMILES string of the molecule is CC(=O)c1ccn(C(=O)N2C[C@H]3CC(Oc4cccc(C5CCCC5)c4)C[C@H]3C2)n1. The molecular formula is C24H29N3O3. The minimum Gasteiger partial charge on any atom is -0.490 e. The van der Waals surface area contributed by atoms with Gasteiger partial charge in [-0.05, 0) is 67.2 Å². The second kappa shape index (κ2) is 7.89. The van der Waals surface area contributed by atoms with E-state index in [1.807, 2.05) is 4.90 Å². The zero-order valence-corrected chi connectivity index (χ0v) is 17.5. The molecule has 2 aromatic rings. The Bertz CT molecular complexity index is 933. The van der Waals surface area contributed by atoms with Crippen molar-refractivity contribution in [3.63, 3.8) is 0 Å². The Hall–Kier alpha value is -2.63. The van der Waals surface area contributed by atoms with Gasteiger partial charge in [-0.25, -0.2) is 4.79 Å². The second-order valence-corrected chi connectivity index (χ2v) is 9.17. The maximum Gasteiger partial charge on any atom is 0.344 e. The Morgan fingerprint density at radius 3 is 2.47 bits per heavy atom. The molecule has 0 radical (unpaired) electrons. The van der Waals surface area contributed by atoms with Crippen molar-refractivity contribution in [1.82, 2.24) is 14.7 Å². The number of benzene rings is 1. The van der Waals surface area contributed by atoms with Gasteiger partial charge in [-0.15, -0.1) is 0 Å². The summed E-state index contributed by atoms with van der Waals surface area (Å²) < 4.78 is 7.66. The van der Waals surface area contributed by atoms with Gasteiger partial charge in [0.2, 0.25) is 0 Å². The number of ketones is 1. The molecule has 1 saturated heterocycles. The molecule has 0 N–H and O–H groups in total. The van der Waals surface area contributed by atoms with Gasteiger partial charge in [0.05, 0.1) is 6.10 Å². The predicted octanol–water partition coefficient (Wildman–Crippen LogP) is 4.50. The Kier molecular flexibility index (Phi) is 5.09. The van der Waals surface area contributed by atoms with Crippen molar-refractivity contribution < 1.29 is 14.3 Å². The summed E-state index contributed by atoms with van der Waals surface area (Å²) in [5.74, 6) is 2.50. The van der Waals surface area contributed by atoms with Gasteiger partial charge in [-0.1, -0.05) is 25.0 Å². The average molecular weight is 408 g/mol. The van der Waals surface area contributed by atoms with E-state index >= 15 is 0 Å². The molecule has 6 heteroatoms. The molecule has 3 atom stereocenters. The molecule has 0 spiro atoms. The van der Waals surface area contributed by atoms with Crippen molar-refractivity contribution in [3.8, 4) is 5.75 Å². The first-order valence-electron chi connectivity index (χ1n) is 11.2. The summed E-state index contributed by atoms with van der Waals surface area (Å²) in [5.41, 5.74) is 1.75. The number of fused-ring (bicyclic) bond motifs is 1. The molecule has 0 bridgehead atoms. The highest BCUT2D eigenvalue weighted by Gasteiger charge is 2.43. The lowest BCUT2D eigenvalue weighted by Gasteiger charge is -2.20. The molecule has 3 aliphatic rings. The Morgan fingerprint density at radius 2 is 1.80 bits per heavy atom. The number of amides is 1. The Labute approximate surface area is 177 Å². The van der Waals surface area contributed by atoms with E-state index in [2.05, 4.69) is 29.4 Å². The van der Waals surface area contributed by atoms with E-state index in [0.29, 0.717) is 23.4 Å². The van der Waals surface area contributed by atoms with Crippen LogP contribution in [-0.4, -0.2) is 45.7 Å². The van der Waals surface area contributed by atoms with Crippen LogP contribution in [0.15, 0.2) is 36.5 Å². The van der Waals surface area contributed by atoms with Crippen molar-refractivity contribution in [2.75, 3.05) is 13.1 Å². The van der Waals surface area contributed by atoms with Gasteiger partial charge in [0, 0.05) is 26.2 Å². The van der Waals surface area contributed by atoms with Crippen LogP contribution in [0.2, 0.25) is 0 Å². The van der Waals surface area contributed by atoms with Crippen LogP contribution in [0.4, 0.5) is 4.79 Å². The number of hydrogen-bond acceptors (Lipinski definition) is 4. The molecule has 3 fully saturated rings. The van der Waals surface area contributed by atoms with Gasteiger partial charge >= 0.3 is 6.03 Å². The summed E-state index contributed by atoms with van der Waals surface area (Å²) in [5, 5.41) is 4.11. The largest absolute Gasteiger partial charge is 0.490 e. The van der Waals surface area contributed by atoms with Crippen LogP contribution >= 0.6 is 0 Å². The highest BCUT2D eigenvalue weighted by molar-refractivity contribution is 5.92. The van der Waals surface area contributed by atoms with Gasteiger partial charge in [0.15, 0.2) is 5.78 Å². The zero-order valence-electron chi connectivity index (χ0n) is 17.5. The number of Topliss-reactive ketones (excluding diaryl/α,β-unsaturated/α-hetero) is 1. The lowest BCUT2D eigenvalue weighted by atomic mass is 9.98. The van der Waals surface area contributed by atoms with E-state index in [1.54, 1.807) is 12.3 Å². The molecule has 1 unspecified atom stereocenters. The summed E-state index contributed by atoms with van der Waals surface area (Å²) in [6.45, 7) is 2.93. The summed E-state index contributed by atoms with van der Waals surface area (Å²) in [6.07, 6.45) is 9.05. The number of likely N-dealkylation sites (tertiary alicyclic amines) is 1. The van der Waals surface area contributed by atoms with Crippen molar-refractivity contribution in [1.29, 1.82) is 0 Å². The molecule has 1 aliphatic heterocycles. The molecule has 1 amide bonds. The Balaban J connectivity index is 1.17. The van der Waals surface area contributed by atoms with Crippen LogP contribution in [0.3, 0.4) is 0 Å². The molecule has 5 rings (SSSR count). The van der Waals surface area contributed by atoms with E-state index in [0.717, 1.165) is 31.7 Å². The molecule has 1 aromatic heterocycles. The number of carbonyl (C=O) groups is 2. The van der Waals surface area contributed by atoms with Crippen LogP contribution in [0, 0.1) is 11.8 Å². The topological polar surface area (TPSA) is 64.4 Å². The fraction of sp³-hybridized carbons (Fsp3) is 0.542. The minimum atomic E-state index is -0.140. The van der Waals surface area contributed by atoms with Gasteiger partial charge in [0.1, 0.15) is 11.4 Å². The lowest BCUT2D eigenvalue weighted by Crippen LogP contribution is -2.34. The first kappa shape index (κ1) is 19.3. The molecule has 158 valence electrons. The van der Waals surface area contributed by atoms with E-state index in [-0.39, 0.29) is 17.9 Å². The normalized spacial score (nSPS) is 26.2. The molecule has 2 heterocycles. The van der Waals surface area contributed by atoms with E-state index in [4.69, 9.17) is 4.74 Å². The summed E-state index contributed by atoms with van der Waals surface area (Å²) in [4.78, 5) is 26.0. The third-order valence-corrected chi connectivity index (χ3v) is 7.11. The monoisotopic (exact) mass is 407 g/mol. The van der Waals surface area contributed by atoms with Crippen molar-refractivity contribution >= 4 is 11.8 Å². The number of nitrogens with zero attached hydrogens (tertiary/aromatic N) is 3.